The van der Waals surface area contributed by atoms with Crippen LogP contribution >= 0.6 is 0 Å². The highest BCUT2D eigenvalue weighted by molar-refractivity contribution is 7.85. The highest BCUT2D eigenvalue weighted by Crippen LogP contribution is 2.33. The predicted molar refractivity (Wildman–Crippen MR) is 119 cm³/mol. The zero-order valence-corrected chi connectivity index (χ0v) is 17.5. The van der Waals surface area contributed by atoms with Gasteiger partial charge in [0.1, 0.15) is 11.0 Å². The van der Waals surface area contributed by atoms with Gasteiger partial charge >= 0.3 is 0 Å². The quantitative estimate of drug-likeness (QED) is 0.695. The van der Waals surface area contributed by atoms with E-state index in [1.165, 1.54) is 0 Å². The lowest BCUT2D eigenvalue weighted by Gasteiger charge is -2.38. The standard InChI is InChI=1S/C22H23N3O4S/c1-30(27)24-16-4-2-15-3-5-20-19(21(26)18(15)12-16)13-17(14-23-20)25-8-6-22(7-9-25)28-10-11-29-22/h2-5,12-14,24H,6-11H2,1H3. The van der Waals surface area contributed by atoms with Crippen LogP contribution in [0.2, 0.25) is 0 Å². The highest BCUT2D eigenvalue weighted by Gasteiger charge is 2.39. The number of hydrogen-bond acceptors (Lipinski definition) is 6. The number of benzene rings is 1. The first-order valence-corrected chi connectivity index (χ1v) is 11.6. The van der Waals surface area contributed by atoms with Gasteiger partial charge in [0.05, 0.1) is 36.0 Å². The molecule has 2 aliphatic rings. The van der Waals surface area contributed by atoms with Gasteiger partial charge in [-0.1, -0.05) is 12.1 Å². The normalized spacial score (nSPS) is 19.4. The number of aromatic nitrogens is 1. The number of nitrogens with zero attached hydrogens (tertiary/aromatic N) is 2. The topological polar surface area (TPSA) is 80.8 Å². The molecule has 1 aromatic heterocycles. The molecule has 2 fully saturated rings. The summed E-state index contributed by atoms with van der Waals surface area (Å²) in [5.41, 5.74) is 2.16. The van der Waals surface area contributed by atoms with E-state index in [-0.39, 0.29) is 5.43 Å². The molecule has 2 aromatic carbocycles. The molecule has 0 radical (unpaired) electrons. The van der Waals surface area contributed by atoms with Gasteiger partial charge in [-0.15, -0.1) is 0 Å². The molecule has 0 amide bonds. The average Bonchev–Trinajstić information content (AvgIpc) is 3.15. The Morgan fingerprint density at radius 2 is 1.80 bits per heavy atom. The van der Waals surface area contributed by atoms with Gasteiger partial charge in [-0.3, -0.25) is 9.78 Å². The molecule has 1 atom stereocenters. The van der Waals surface area contributed by atoms with Gasteiger partial charge in [-0.2, -0.15) is 0 Å². The van der Waals surface area contributed by atoms with Gasteiger partial charge in [0.2, 0.25) is 0 Å². The first-order chi connectivity index (χ1) is 14.5. The second-order valence-electron chi connectivity index (χ2n) is 7.74. The van der Waals surface area contributed by atoms with Crippen LogP contribution in [0, 0.1) is 0 Å². The molecule has 2 aliphatic heterocycles. The molecule has 1 unspecified atom stereocenters. The van der Waals surface area contributed by atoms with Crippen LogP contribution in [-0.2, 0) is 20.5 Å². The van der Waals surface area contributed by atoms with Crippen molar-refractivity contribution < 1.29 is 13.7 Å². The van der Waals surface area contributed by atoms with E-state index in [0.29, 0.717) is 35.2 Å². The van der Waals surface area contributed by atoms with Crippen molar-refractivity contribution in [1.82, 2.24) is 4.98 Å². The molecule has 0 aliphatic carbocycles. The van der Waals surface area contributed by atoms with Crippen LogP contribution in [0.25, 0.3) is 21.7 Å². The number of rotatable bonds is 3. The third-order valence-electron chi connectivity index (χ3n) is 5.83. The molecule has 0 saturated carbocycles. The van der Waals surface area contributed by atoms with E-state index in [0.717, 1.165) is 37.0 Å². The summed E-state index contributed by atoms with van der Waals surface area (Å²) in [6.07, 6.45) is 4.98. The molecule has 156 valence electrons. The molecule has 1 N–H and O–H groups in total. The molecule has 5 rings (SSSR count). The monoisotopic (exact) mass is 425 g/mol. The Morgan fingerprint density at radius 1 is 1.07 bits per heavy atom. The third-order valence-corrected chi connectivity index (χ3v) is 6.36. The van der Waals surface area contributed by atoms with Gasteiger partial charge < -0.3 is 19.1 Å². The summed E-state index contributed by atoms with van der Waals surface area (Å²) < 4.78 is 26.0. The fourth-order valence-electron chi connectivity index (χ4n) is 4.28. The van der Waals surface area contributed by atoms with Gasteiger partial charge in [0.25, 0.3) is 0 Å². The lowest BCUT2D eigenvalue weighted by Crippen LogP contribution is -2.45. The summed E-state index contributed by atoms with van der Waals surface area (Å²) in [6, 6.07) is 11.1. The lowest BCUT2D eigenvalue weighted by molar-refractivity contribution is -0.169. The summed E-state index contributed by atoms with van der Waals surface area (Å²) in [5, 5.41) is 1.97. The van der Waals surface area contributed by atoms with Crippen LogP contribution in [0.1, 0.15) is 12.8 Å². The summed E-state index contributed by atoms with van der Waals surface area (Å²) in [5.74, 6) is -0.435. The molecule has 0 bridgehead atoms. The van der Waals surface area contributed by atoms with Crippen LogP contribution in [0.3, 0.4) is 0 Å². The van der Waals surface area contributed by atoms with Crippen LogP contribution < -0.4 is 15.1 Å². The maximum absolute atomic E-state index is 13.4. The average molecular weight is 426 g/mol. The van der Waals surface area contributed by atoms with E-state index in [1.54, 1.807) is 12.3 Å². The Kier molecular flexibility index (Phi) is 4.92. The Morgan fingerprint density at radius 3 is 2.53 bits per heavy atom. The Hall–Kier alpha value is -2.55. The fourth-order valence-corrected chi connectivity index (χ4v) is 4.74. The van der Waals surface area contributed by atoms with Gasteiger partial charge in [0.15, 0.2) is 11.2 Å². The molecule has 1 spiro atoms. The Balaban J connectivity index is 1.54. The minimum atomic E-state index is -1.21. The van der Waals surface area contributed by atoms with E-state index in [4.69, 9.17) is 9.47 Å². The number of pyridine rings is 1. The van der Waals surface area contributed by atoms with Crippen molar-refractivity contribution in [3.8, 4) is 0 Å². The van der Waals surface area contributed by atoms with Gasteiger partial charge in [0, 0.05) is 43.3 Å². The van der Waals surface area contributed by atoms with Crippen molar-refractivity contribution in [3.05, 3.63) is 52.8 Å². The van der Waals surface area contributed by atoms with E-state index < -0.39 is 16.8 Å². The highest BCUT2D eigenvalue weighted by atomic mass is 32.2. The number of piperidine rings is 1. The first-order valence-electron chi connectivity index (χ1n) is 10.0. The zero-order chi connectivity index (χ0) is 20.7. The van der Waals surface area contributed by atoms with Crippen LogP contribution in [-0.4, -0.2) is 47.5 Å². The van der Waals surface area contributed by atoms with Crippen molar-refractivity contribution in [3.63, 3.8) is 0 Å². The summed E-state index contributed by atoms with van der Waals surface area (Å²) in [6.45, 7) is 2.89. The van der Waals surface area contributed by atoms with Crippen molar-refractivity contribution >= 4 is 44.0 Å². The van der Waals surface area contributed by atoms with E-state index in [2.05, 4.69) is 14.6 Å². The Bertz CT molecular complexity index is 1200. The van der Waals surface area contributed by atoms with Crippen LogP contribution in [0.5, 0.6) is 0 Å². The summed E-state index contributed by atoms with van der Waals surface area (Å²) in [4.78, 5) is 20.2. The van der Waals surface area contributed by atoms with E-state index in [1.807, 2.05) is 36.5 Å². The molecule has 7 nitrogen and oxygen atoms in total. The molecule has 8 heteroatoms. The summed E-state index contributed by atoms with van der Waals surface area (Å²) >= 11 is 0. The van der Waals surface area contributed by atoms with E-state index in [9.17, 15) is 9.00 Å². The molecule has 30 heavy (non-hydrogen) atoms. The number of ether oxygens (including phenoxy) is 2. The minimum absolute atomic E-state index is 0.0826. The molecule has 3 aromatic rings. The second kappa shape index (κ2) is 7.61. The van der Waals surface area contributed by atoms with Crippen molar-refractivity contribution in [2.24, 2.45) is 0 Å². The fraction of sp³-hybridized carbons (Fsp3) is 0.364. The number of hydrogen-bond donors (Lipinski definition) is 1. The third kappa shape index (κ3) is 3.55. The maximum Gasteiger partial charge on any atom is 0.195 e. The maximum atomic E-state index is 13.4. The number of fused-ring (bicyclic) bond motifs is 2. The Labute approximate surface area is 176 Å². The number of anilines is 2. The molecular formula is C22H23N3O4S. The van der Waals surface area contributed by atoms with Crippen LogP contribution in [0.15, 0.2) is 47.4 Å². The van der Waals surface area contributed by atoms with E-state index >= 15 is 0 Å². The smallest absolute Gasteiger partial charge is 0.195 e. The SMILES string of the molecule is CS(=O)Nc1ccc2ccc3ncc(N4CCC5(CC4)OCCO5)cc3c(=O)c2c1. The van der Waals surface area contributed by atoms with Crippen LogP contribution in [0.4, 0.5) is 11.4 Å². The summed E-state index contributed by atoms with van der Waals surface area (Å²) in [7, 11) is -1.21. The van der Waals surface area contributed by atoms with Crippen molar-refractivity contribution in [1.29, 1.82) is 0 Å². The van der Waals surface area contributed by atoms with Gasteiger partial charge in [-0.25, -0.2) is 4.21 Å². The van der Waals surface area contributed by atoms with Gasteiger partial charge in [-0.05, 0) is 29.7 Å². The largest absolute Gasteiger partial charge is 0.370 e. The van der Waals surface area contributed by atoms with Crippen molar-refractivity contribution in [2.75, 3.05) is 42.2 Å². The lowest BCUT2D eigenvalue weighted by atomic mass is 10.0. The molecule has 2 saturated heterocycles. The molecule has 3 heterocycles. The van der Waals surface area contributed by atoms with Crippen molar-refractivity contribution in [2.45, 2.75) is 18.6 Å². The predicted octanol–water partition coefficient (Wildman–Crippen LogP) is 2.80. The second-order valence-corrected chi connectivity index (χ2v) is 8.85. The first kappa shape index (κ1) is 19.4. The number of nitrogens with one attached hydrogen (secondary N) is 1. The zero-order valence-electron chi connectivity index (χ0n) is 16.7. The minimum Gasteiger partial charge on any atom is -0.370 e. The molecular weight excluding hydrogens is 402 g/mol.